The fourth-order valence-corrected chi connectivity index (χ4v) is 3.47. The lowest BCUT2D eigenvalue weighted by molar-refractivity contribution is -0.158. The fraction of sp³-hybridized carbons (Fsp3) is 0.875. The molecule has 4 nitrogen and oxygen atoms in total. The second-order valence-electron chi connectivity index (χ2n) is 6.97. The molecule has 0 aromatic rings. The van der Waals surface area contributed by atoms with E-state index >= 15 is 0 Å². The van der Waals surface area contributed by atoms with E-state index in [-0.39, 0.29) is 23.9 Å². The number of carbonyl (C=O) groups is 2. The van der Waals surface area contributed by atoms with Crippen molar-refractivity contribution in [3.05, 3.63) is 0 Å². The maximum Gasteiger partial charge on any atom is 0.248 e. The molecule has 2 amide bonds. The lowest BCUT2D eigenvalue weighted by atomic mass is 9.88. The average molecular weight is 280 g/mol. The van der Waals surface area contributed by atoms with Crippen LogP contribution in [-0.2, 0) is 9.59 Å². The van der Waals surface area contributed by atoms with Crippen molar-refractivity contribution in [3.8, 4) is 0 Å². The molecule has 2 rings (SSSR count). The number of nitrogens with zero attached hydrogens (tertiary/aromatic N) is 1. The molecule has 1 aliphatic carbocycles. The summed E-state index contributed by atoms with van der Waals surface area (Å²) in [5.74, 6) is 0.570. The molecular weight excluding hydrogens is 252 g/mol. The first kappa shape index (κ1) is 15.3. The Morgan fingerprint density at radius 2 is 1.90 bits per heavy atom. The molecule has 1 N–H and O–H groups in total. The first-order valence-corrected chi connectivity index (χ1v) is 8.04. The molecule has 0 aromatic carbocycles. The third-order valence-corrected chi connectivity index (χ3v) is 4.86. The predicted octanol–water partition coefficient (Wildman–Crippen LogP) is 2.47. The van der Waals surface area contributed by atoms with Gasteiger partial charge >= 0.3 is 0 Å². The third-order valence-electron chi connectivity index (χ3n) is 4.86. The van der Waals surface area contributed by atoms with E-state index in [1.54, 1.807) is 0 Å². The molecule has 114 valence electrons. The Hall–Kier alpha value is -1.06. The summed E-state index contributed by atoms with van der Waals surface area (Å²) >= 11 is 0. The van der Waals surface area contributed by atoms with E-state index < -0.39 is 5.54 Å². The van der Waals surface area contributed by atoms with E-state index in [9.17, 15) is 9.59 Å². The van der Waals surface area contributed by atoms with Gasteiger partial charge in [0.1, 0.15) is 11.6 Å². The van der Waals surface area contributed by atoms with Crippen LogP contribution in [0.25, 0.3) is 0 Å². The Kier molecular flexibility index (Phi) is 4.40. The van der Waals surface area contributed by atoms with Crippen LogP contribution in [0.2, 0.25) is 0 Å². The molecular formula is C16H28N2O2. The van der Waals surface area contributed by atoms with Crippen molar-refractivity contribution in [3.63, 3.8) is 0 Å². The van der Waals surface area contributed by atoms with Crippen molar-refractivity contribution in [2.45, 2.75) is 83.8 Å². The monoisotopic (exact) mass is 280 g/mol. The Balaban J connectivity index is 2.30. The second kappa shape index (κ2) is 5.74. The molecule has 2 aliphatic rings. The number of hydrogen-bond donors (Lipinski definition) is 1. The molecule has 0 radical (unpaired) electrons. The maximum atomic E-state index is 12.9. The minimum atomic E-state index is -0.715. The van der Waals surface area contributed by atoms with Crippen LogP contribution in [0.15, 0.2) is 0 Å². The molecule has 1 aliphatic heterocycles. The highest BCUT2D eigenvalue weighted by Crippen LogP contribution is 2.32. The van der Waals surface area contributed by atoms with Gasteiger partial charge in [-0.3, -0.25) is 9.59 Å². The van der Waals surface area contributed by atoms with Crippen LogP contribution in [0.5, 0.6) is 0 Å². The van der Waals surface area contributed by atoms with Crippen LogP contribution < -0.4 is 5.32 Å². The molecule has 2 atom stereocenters. The first-order chi connectivity index (χ1) is 9.39. The van der Waals surface area contributed by atoms with Crippen LogP contribution in [-0.4, -0.2) is 34.3 Å². The third kappa shape index (κ3) is 2.70. The van der Waals surface area contributed by atoms with Crippen molar-refractivity contribution >= 4 is 11.8 Å². The number of piperazine rings is 1. The maximum absolute atomic E-state index is 12.9. The normalized spacial score (nSPS) is 32.0. The van der Waals surface area contributed by atoms with Crippen LogP contribution >= 0.6 is 0 Å². The number of rotatable bonds is 4. The smallest absolute Gasteiger partial charge is 0.248 e. The molecule has 0 aromatic heterocycles. The Labute approximate surface area is 122 Å². The van der Waals surface area contributed by atoms with E-state index in [2.05, 4.69) is 19.2 Å². The highest BCUT2D eigenvalue weighted by atomic mass is 16.2. The minimum absolute atomic E-state index is 0.0366. The largest absolute Gasteiger partial charge is 0.340 e. The zero-order valence-corrected chi connectivity index (χ0v) is 13.2. The Morgan fingerprint density at radius 3 is 2.40 bits per heavy atom. The van der Waals surface area contributed by atoms with Gasteiger partial charge < -0.3 is 10.2 Å². The molecule has 0 bridgehead atoms. The van der Waals surface area contributed by atoms with Crippen LogP contribution in [0.1, 0.15) is 66.2 Å². The van der Waals surface area contributed by atoms with Crippen molar-refractivity contribution in [2.75, 3.05) is 0 Å². The summed E-state index contributed by atoms with van der Waals surface area (Å²) < 4.78 is 0. The van der Waals surface area contributed by atoms with Gasteiger partial charge in [0.2, 0.25) is 11.8 Å². The summed E-state index contributed by atoms with van der Waals surface area (Å²) in [6, 6.07) is -0.00611. The summed E-state index contributed by atoms with van der Waals surface area (Å²) in [5, 5.41) is 2.97. The topological polar surface area (TPSA) is 49.4 Å². The van der Waals surface area contributed by atoms with Crippen molar-refractivity contribution in [2.24, 2.45) is 5.92 Å². The van der Waals surface area contributed by atoms with Gasteiger partial charge in [-0.25, -0.2) is 0 Å². The van der Waals surface area contributed by atoms with Crippen molar-refractivity contribution in [1.29, 1.82) is 0 Å². The number of amides is 2. The molecule has 0 spiro atoms. The zero-order valence-electron chi connectivity index (χ0n) is 13.2. The van der Waals surface area contributed by atoms with Gasteiger partial charge in [-0.1, -0.05) is 33.6 Å². The molecule has 4 heteroatoms. The van der Waals surface area contributed by atoms with Gasteiger partial charge in [0.15, 0.2) is 0 Å². The van der Waals surface area contributed by atoms with Gasteiger partial charge in [0, 0.05) is 6.04 Å². The Morgan fingerprint density at radius 1 is 1.30 bits per heavy atom. The molecule has 1 heterocycles. The highest BCUT2D eigenvalue weighted by molar-refractivity contribution is 5.99. The molecule has 20 heavy (non-hydrogen) atoms. The minimum Gasteiger partial charge on any atom is -0.340 e. The van der Waals surface area contributed by atoms with Crippen LogP contribution in [0.3, 0.4) is 0 Å². The standard InChI is InChI=1S/C16H28N2O2/c1-5-16(4)15(20)18(12-8-6-7-9-12)13(10-11(2)3)14(19)17-16/h11-13H,5-10H2,1-4H3,(H,17,19). The Bertz CT molecular complexity index is 388. The predicted molar refractivity (Wildman–Crippen MR) is 79.2 cm³/mol. The number of nitrogens with one attached hydrogen (secondary N) is 1. The zero-order chi connectivity index (χ0) is 14.9. The summed E-state index contributed by atoms with van der Waals surface area (Å²) in [6.07, 6.45) is 5.85. The van der Waals surface area contributed by atoms with E-state index in [4.69, 9.17) is 0 Å². The number of hydrogen-bond acceptors (Lipinski definition) is 2. The van der Waals surface area contributed by atoms with Gasteiger partial charge in [-0.2, -0.15) is 0 Å². The summed E-state index contributed by atoms with van der Waals surface area (Å²) in [4.78, 5) is 27.4. The number of carbonyl (C=O) groups excluding carboxylic acids is 2. The molecule has 1 saturated carbocycles. The summed E-state index contributed by atoms with van der Waals surface area (Å²) in [5.41, 5.74) is -0.715. The van der Waals surface area contributed by atoms with Gasteiger partial charge in [-0.15, -0.1) is 0 Å². The molecule has 1 saturated heterocycles. The quantitative estimate of drug-likeness (QED) is 0.860. The average Bonchev–Trinajstić information content (AvgIpc) is 2.89. The summed E-state index contributed by atoms with van der Waals surface area (Å²) in [6.45, 7) is 8.05. The SMILES string of the molecule is CCC1(C)NC(=O)C(CC(C)C)N(C2CCCC2)C1=O. The van der Waals surface area contributed by atoms with E-state index in [1.165, 1.54) is 12.8 Å². The fourth-order valence-electron chi connectivity index (χ4n) is 3.47. The van der Waals surface area contributed by atoms with Crippen LogP contribution in [0.4, 0.5) is 0 Å². The van der Waals surface area contributed by atoms with E-state index in [0.717, 1.165) is 19.3 Å². The summed E-state index contributed by atoms with van der Waals surface area (Å²) in [7, 11) is 0. The van der Waals surface area contributed by atoms with Crippen LogP contribution in [0, 0.1) is 5.92 Å². The van der Waals surface area contributed by atoms with Crippen molar-refractivity contribution in [1.82, 2.24) is 10.2 Å². The molecule has 2 fully saturated rings. The first-order valence-electron chi connectivity index (χ1n) is 8.04. The van der Waals surface area contributed by atoms with Gasteiger partial charge in [0.25, 0.3) is 0 Å². The second-order valence-corrected chi connectivity index (χ2v) is 6.97. The van der Waals surface area contributed by atoms with Gasteiger partial charge in [-0.05, 0) is 38.5 Å². The van der Waals surface area contributed by atoms with E-state index in [1.807, 2.05) is 18.7 Å². The molecule has 2 unspecified atom stereocenters. The lowest BCUT2D eigenvalue weighted by Gasteiger charge is -2.47. The highest BCUT2D eigenvalue weighted by Gasteiger charge is 2.49. The van der Waals surface area contributed by atoms with Gasteiger partial charge in [0.05, 0.1) is 0 Å². The van der Waals surface area contributed by atoms with E-state index in [0.29, 0.717) is 12.3 Å². The van der Waals surface area contributed by atoms with Crippen molar-refractivity contribution < 1.29 is 9.59 Å². The lowest BCUT2D eigenvalue weighted by Crippen LogP contribution is -2.70.